The van der Waals surface area contributed by atoms with Gasteiger partial charge in [-0.25, -0.2) is 0 Å². The molecule has 3 nitrogen and oxygen atoms in total. The second-order valence-electron chi connectivity index (χ2n) is 5.64. The molecule has 1 aromatic carbocycles. The summed E-state index contributed by atoms with van der Waals surface area (Å²) >= 11 is 0. The third-order valence-electron chi connectivity index (χ3n) is 3.73. The smallest absolute Gasteiger partial charge is 0.189 e. The van der Waals surface area contributed by atoms with Gasteiger partial charge < -0.3 is 9.88 Å². The van der Waals surface area contributed by atoms with E-state index in [1.807, 2.05) is 30.5 Å². The Balaban J connectivity index is 1.79. The molecule has 1 saturated carbocycles. The Morgan fingerprint density at radius 2 is 2.11 bits per heavy atom. The SMILES string of the molecule is CC(CNC1CC1)Cn1ccc(=O)c2ccccc21. The van der Waals surface area contributed by atoms with Crippen LogP contribution in [0.25, 0.3) is 10.9 Å². The number of aromatic nitrogens is 1. The summed E-state index contributed by atoms with van der Waals surface area (Å²) in [6, 6.07) is 10.3. The zero-order chi connectivity index (χ0) is 13.2. The van der Waals surface area contributed by atoms with Crippen molar-refractivity contribution >= 4 is 10.9 Å². The van der Waals surface area contributed by atoms with E-state index in [0.29, 0.717) is 5.92 Å². The number of hydrogen-bond donors (Lipinski definition) is 1. The maximum atomic E-state index is 11.8. The number of pyridine rings is 1. The van der Waals surface area contributed by atoms with Gasteiger partial charge in [-0.3, -0.25) is 4.79 Å². The molecule has 1 N–H and O–H groups in total. The van der Waals surface area contributed by atoms with Crippen molar-refractivity contribution in [2.75, 3.05) is 6.54 Å². The summed E-state index contributed by atoms with van der Waals surface area (Å²) < 4.78 is 2.19. The van der Waals surface area contributed by atoms with Crippen molar-refractivity contribution in [3.63, 3.8) is 0 Å². The predicted octanol–water partition coefficient (Wildman–Crippen LogP) is 2.39. The van der Waals surface area contributed by atoms with E-state index in [4.69, 9.17) is 0 Å². The number of fused-ring (bicyclic) bond motifs is 1. The first-order valence-corrected chi connectivity index (χ1v) is 7.05. The minimum absolute atomic E-state index is 0.107. The summed E-state index contributed by atoms with van der Waals surface area (Å²) in [7, 11) is 0. The zero-order valence-electron chi connectivity index (χ0n) is 11.3. The van der Waals surface area contributed by atoms with Gasteiger partial charge in [-0.1, -0.05) is 19.1 Å². The Kier molecular flexibility index (Phi) is 3.38. The Labute approximate surface area is 113 Å². The van der Waals surface area contributed by atoms with Crippen LogP contribution in [0.1, 0.15) is 19.8 Å². The van der Waals surface area contributed by atoms with Gasteiger partial charge in [0.2, 0.25) is 0 Å². The highest BCUT2D eigenvalue weighted by Crippen LogP contribution is 2.19. The molecule has 1 unspecified atom stereocenters. The molecule has 0 bridgehead atoms. The average Bonchev–Trinajstić information content (AvgIpc) is 3.24. The Bertz CT molecular complexity index is 628. The van der Waals surface area contributed by atoms with Gasteiger partial charge in [0.1, 0.15) is 0 Å². The van der Waals surface area contributed by atoms with Gasteiger partial charge in [0.15, 0.2) is 5.43 Å². The first kappa shape index (κ1) is 12.4. The summed E-state index contributed by atoms with van der Waals surface area (Å²) in [6.07, 6.45) is 4.57. The highest BCUT2D eigenvalue weighted by atomic mass is 16.1. The van der Waals surface area contributed by atoms with E-state index in [1.54, 1.807) is 6.07 Å². The number of para-hydroxylation sites is 1. The summed E-state index contributed by atoms with van der Waals surface area (Å²) in [4.78, 5) is 11.8. The molecule has 1 aromatic heterocycles. The fourth-order valence-electron chi connectivity index (χ4n) is 2.48. The fraction of sp³-hybridized carbons (Fsp3) is 0.438. The van der Waals surface area contributed by atoms with Crippen molar-refractivity contribution in [1.82, 2.24) is 9.88 Å². The molecule has 0 amide bonds. The summed E-state index contributed by atoms with van der Waals surface area (Å²) in [5, 5.41) is 4.37. The van der Waals surface area contributed by atoms with Gasteiger partial charge in [-0.15, -0.1) is 0 Å². The van der Waals surface area contributed by atoms with Crippen molar-refractivity contribution < 1.29 is 0 Å². The van der Waals surface area contributed by atoms with E-state index in [-0.39, 0.29) is 5.43 Å². The van der Waals surface area contributed by atoms with Crippen molar-refractivity contribution in [1.29, 1.82) is 0 Å². The molecule has 1 aliphatic carbocycles. The van der Waals surface area contributed by atoms with E-state index < -0.39 is 0 Å². The number of benzene rings is 1. The molecule has 0 radical (unpaired) electrons. The second-order valence-corrected chi connectivity index (χ2v) is 5.64. The first-order valence-electron chi connectivity index (χ1n) is 7.05. The Morgan fingerprint density at radius 1 is 1.32 bits per heavy atom. The van der Waals surface area contributed by atoms with Crippen LogP contribution in [0.4, 0.5) is 0 Å². The van der Waals surface area contributed by atoms with Crippen molar-refractivity contribution in [2.45, 2.75) is 32.4 Å². The highest BCUT2D eigenvalue weighted by Gasteiger charge is 2.20. The second kappa shape index (κ2) is 5.17. The average molecular weight is 256 g/mol. The lowest BCUT2D eigenvalue weighted by Gasteiger charge is -2.16. The highest BCUT2D eigenvalue weighted by molar-refractivity contribution is 5.78. The molecule has 0 saturated heterocycles. The van der Waals surface area contributed by atoms with E-state index in [1.165, 1.54) is 12.8 Å². The lowest BCUT2D eigenvalue weighted by atomic mass is 10.1. The maximum Gasteiger partial charge on any atom is 0.189 e. The lowest BCUT2D eigenvalue weighted by Crippen LogP contribution is -2.26. The van der Waals surface area contributed by atoms with Gasteiger partial charge in [0.05, 0.1) is 5.52 Å². The molecular weight excluding hydrogens is 236 g/mol. The van der Waals surface area contributed by atoms with Crippen LogP contribution in [0, 0.1) is 5.92 Å². The molecule has 1 atom stereocenters. The molecule has 3 rings (SSSR count). The minimum Gasteiger partial charge on any atom is -0.347 e. The molecule has 1 fully saturated rings. The van der Waals surface area contributed by atoms with Crippen LogP contribution in [-0.4, -0.2) is 17.2 Å². The number of nitrogens with one attached hydrogen (secondary N) is 1. The minimum atomic E-state index is 0.107. The molecule has 19 heavy (non-hydrogen) atoms. The van der Waals surface area contributed by atoms with Crippen molar-refractivity contribution in [2.24, 2.45) is 5.92 Å². The zero-order valence-corrected chi connectivity index (χ0v) is 11.3. The number of rotatable bonds is 5. The molecule has 3 heteroatoms. The third kappa shape index (κ3) is 2.87. The van der Waals surface area contributed by atoms with Gasteiger partial charge >= 0.3 is 0 Å². The molecule has 1 heterocycles. The van der Waals surface area contributed by atoms with Crippen molar-refractivity contribution in [3.8, 4) is 0 Å². The Hall–Kier alpha value is -1.61. The van der Waals surface area contributed by atoms with Gasteiger partial charge in [0.25, 0.3) is 0 Å². The van der Waals surface area contributed by atoms with Gasteiger partial charge in [0, 0.05) is 30.2 Å². The fourth-order valence-corrected chi connectivity index (χ4v) is 2.48. The van der Waals surface area contributed by atoms with Crippen LogP contribution in [-0.2, 0) is 6.54 Å². The van der Waals surface area contributed by atoms with Crippen LogP contribution in [0.5, 0.6) is 0 Å². The van der Waals surface area contributed by atoms with E-state index >= 15 is 0 Å². The van der Waals surface area contributed by atoms with Crippen LogP contribution >= 0.6 is 0 Å². The van der Waals surface area contributed by atoms with Crippen LogP contribution in [0.2, 0.25) is 0 Å². The maximum absolute atomic E-state index is 11.8. The quantitative estimate of drug-likeness (QED) is 0.891. The third-order valence-corrected chi connectivity index (χ3v) is 3.73. The van der Waals surface area contributed by atoms with Crippen LogP contribution in [0.3, 0.4) is 0 Å². The summed E-state index contributed by atoms with van der Waals surface area (Å²) in [6.45, 7) is 4.24. The molecule has 0 spiro atoms. The number of hydrogen-bond acceptors (Lipinski definition) is 2. The summed E-state index contributed by atoms with van der Waals surface area (Å²) in [5.41, 5.74) is 1.14. The molecule has 0 aliphatic heterocycles. The van der Waals surface area contributed by atoms with E-state index in [2.05, 4.69) is 16.8 Å². The first-order chi connectivity index (χ1) is 9.24. The molecule has 100 valence electrons. The monoisotopic (exact) mass is 256 g/mol. The normalized spacial score (nSPS) is 16.7. The predicted molar refractivity (Wildman–Crippen MR) is 78.4 cm³/mol. The van der Waals surface area contributed by atoms with E-state index in [0.717, 1.165) is 30.0 Å². The van der Waals surface area contributed by atoms with Crippen LogP contribution in [0.15, 0.2) is 41.3 Å². The van der Waals surface area contributed by atoms with E-state index in [9.17, 15) is 4.79 Å². The molecular formula is C16H20N2O. The molecule has 1 aliphatic rings. The Morgan fingerprint density at radius 3 is 2.89 bits per heavy atom. The summed E-state index contributed by atoms with van der Waals surface area (Å²) in [5.74, 6) is 0.562. The number of nitrogens with zero attached hydrogens (tertiary/aromatic N) is 1. The van der Waals surface area contributed by atoms with Gasteiger partial charge in [-0.05, 0) is 37.4 Å². The standard InChI is InChI=1S/C16H20N2O/c1-12(10-17-13-6-7-13)11-18-9-8-16(19)14-4-2-3-5-15(14)18/h2-5,8-9,12-13,17H,6-7,10-11H2,1H3. The van der Waals surface area contributed by atoms with Gasteiger partial charge in [-0.2, -0.15) is 0 Å². The van der Waals surface area contributed by atoms with Crippen molar-refractivity contribution in [3.05, 3.63) is 46.8 Å². The largest absolute Gasteiger partial charge is 0.347 e. The molecule has 2 aromatic rings. The topological polar surface area (TPSA) is 34.0 Å². The lowest BCUT2D eigenvalue weighted by molar-refractivity contribution is 0.450. The van der Waals surface area contributed by atoms with Crippen LogP contribution < -0.4 is 10.7 Å².